The molecular formula is C24H31N3O. The second-order valence-corrected chi connectivity index (χ2v) is 8.39. The Morgan fingerprint density at radius 2 is 1.71 bits per heavy atom. The number of likely N-dealkylation sites (tertiary alicyclic amines) is 1. The highest BCUT2D eigenvalue weighted by atomic mass is 16.2. The van der Waals surface area contributed by atoms with Gasteiger partial charge in [-0.25, -0.2) is 4.79 Å². The molecule has 1 heterocycles. The molecule has 2 aliphatic rings. The van der Waals surface area contributed by atoms with E-state index in [1.54, 1.807) is 0 Å². The molecule has 1 unspecified atom stereocenters. The number of carbonyl (C=O) groups excluding carboxylic acids is 1. The first-order chi connectivity index (χ1) is 13.7. The third kappa shape index (κ3) is 4.74. The topological polar surface area (TPSA) is 44.4 Å². The van der Waals surface area contributed by atoms with Crippen molar-refractivity contribution in [3.05, 3.63) is 70.8 Å². The lowest BCUT2D eigenvalue weighted by Crippen LogP contribution is -2.36. The van der Waals surface area contributed by atoms with E-state index < -0.39 is 0 Å². The van der Waals surface area contributed by atoms with Crippen LogP contribution in [0.5, 0.6) is 0 Å². The average molecular weight is 378 g/mol. The van der Waals surface area contributed by atoms with E-state index in [4.69, 9.17) is 0 Å². The molecule has 4 heteroatoms. The van der Waals surface area contributed by atoms with Gasteiger partial charge < -0.3 is 10.6 Å². The van der Waals surface area contributed by atoms with E-state index in [-0.39, 0.29) is 12.1 Å². The van der Waals surface area contributed by atoms with E-state index in [1.165, 1.54) is 42.6 Å². The van der Waals surface area contributed by atoms with Gasteiger partial charge in [0, 0.05) is 13.1 Å². The van der Waals surface area contributed by atoms with Gasteiger partial charge in [0.2, 0.25) is 0 Å². The van der Waals surface area contributed by atoms with E-state index >= 15 is 0 Å². The maximum absolute atomic E-state index is 12.3. The molecule has 0 spiro atoms. The molecule has 4 rings (SSSR count). The van der Waals surface area contributed by atoms with Gasteiger partial charge in [0.25, 0.3) is 0 Å². The molecule has 0 aromatic heterocycles. The Morgan fingerprint density at radius 1 is 1.00 bits per heavy atom. The Kier molecular flexibility index (Phi) is 5.96. The molecule has 0 saturated carbocycles. The van der Waals surface area contributed by atoms with Crippen molar-refractivity contribution in [2.75, 3.05) is 13.1 Å². The van der Waals surface area contributed by atoms with Gasteiger partial charge in [-0.3, -0.25) is 4.90 Å². The first kappa shape index (κ1) is 19.0. The zero-order chi connectivity index (χ0) is 19.3. The quantitative estimate of drug-likeness (QED) is 0.811. The van der Waals surface area contributed by atoms with E-state index in [2.05, 4.69) is 64.9 Å². The molecule has 1 aliphatic heterocycles. The fourth-order valence-corrected chi connectivity index (χ4v) is 4.34. The number of amides is 2. The Balaban J connectivity index is 1.23. The number of fused-ring (bicyclic) bond motifs is 1. The maximum atomic E-state index is 12.3. The van der Waals surface area contributed by atoms with Crippen molar-refractivity contribution in [3.8, 4) is 0 Å². The van der Waals surface area contributed by atoms with Crippen molar-refractivity contribution in [1.29, 1.82) is 0 Å². The predicted molar refractivity (Wildman–Crippen MR) is 113 cm³/mol. The van der Waals surface area contributed by atoms with Crippen LogP contribution in [0.25, 0.3) is 0 Å². The Labute approximate surface area is 168 Å². The van der Waals surface area contributed by atoms with Gasteiger partial charge in [-0.2, -0.15) is 0 Å². The fourth-order valence-electron chi connectivity index (χ4n) is 4.34. The Bertz CT molecular complexity index is 794. The third-order valence-corrected chi connectivity index (χ3v) is 6.20. The van der Waals surface area contributed by atoms with Gasteiger partial charge in [-0.1, -0.05) is 55.5 Å². The van der Waals surface area contributed by atoms with E-state index in [0.29, 0.717) is 6.54 Å². The molecule has 0 bridgehead atoms. The van der Waals surface area contributed by atoms with Gasteiger partial charge in [0.1, 0.15) is 0 Å². The number of piperidine rings is 1. The van der Waals surface area contributed by atoms with E-state index in [0.717, 1.165) is 30.9 Å². The number of hydrogen-bond acceptors (Lipinski definition) is 2. The number of hydrogen-bond donors (Lipinski definition) is 2. The van der Waals surface area contributed by atoms with Crippen LogP contribution in [-0.2, 0) is 19.5 Å². The first-order valence-electron chi connectivity index (χ1n) is 10.6. The van der Waals surface area contributed by atoms with Crippen LogP contribution < -0.4 is 10.6 Å². The zero-order valence-electron chi connectivity index (χ0n) is 16.8. The molecule has 28 heavy (non-hydrogen) atoms. The summed E-state index contributed by atoms with van der Waals surface area (Å²) in [7, 11) is 0. The van der Waals surface area contributed by atoms with Gasteiger partial charge in [-0.15, -0.1) is 0 Å². The largest absolute Gasteiger partial charge is 0.334 e. The van der Waals surface area contributed by atoms with Crippen LogP contribution in [-0.4, -0.2) is 24.0 Å². The Hall–Kier alpha value is -2.33. The van der Waals surface area contributed by atoms with E-state index in [1.807, 2.05) is 6.07 Å². The van der Waals surface area contributed by atoms with Crippen LogP contribution in [0.1, 0.15) is 54.5 Å². The molecule has 4 nitrogen and oxygen atoms in total. The van der Waals surface area contributed by atoms with Crippen LogP contribution in [0.2, 0.25) is 0 Å². The van der Waals surface area contributed by atoms with Crippen LogP contribution >= 0.6 is 0 Å². The molecule has 2 amide bonds. The van der Waals surface area contributed by atoms with Gasteiger partial charge >= 0.3 is 6.03 Å². The molecule has 2 aromatic rings. The van der Waals surface area contributed by atoms with E-state index in [9.17, 15) is 4.79 Å². The van der Waals surface area contributed by atoms with Crippen molar-refractivity contribution in [1.82, 2.24) is 15.5 Å². The number of benzene rings is 2. The highest BCUT2D eigenvalue weighted by Gasteiger charge is 2.23. The minimum atomic E-state index is -0.0896. The summed E-state index contributed by atoms with van der Waals surface area (Å²) in [6.07, 6.45) is 4.64. The standard InChI is InChI=1S/C24H31N3O/c1-18-12-14-27(15-13-18)17-20-8-6-19(7-9-20)16-25-24(28)26-23-11-10-21-4-2-3-5-22(21)23/h2-9,18,23H,10-17H2,1H3,(H2,25,26,28). The van der Waals surface area contributed by atoms with Gasteiger partial charge in [0.15, 0.2) is 0 Å². The third-order valence-electron chi connectivity index (χ3n) is 6.20. The van der Waals surface area contributed by atoms with Crippen molar-refractivity contribution in [2.45, 2.75) is 51.7 Å². The molecule has 1 atom stereocenters. The summed E-state index contributed by atoms with van der Waals surface area (Å²) in [5, 5.41) is 6.12. The smallest absolute Gasteiger partial charge is 0.315 e. The Morgan fingerprint density at radius 3 is 2.50 bits per heavy atom. The lowest BCUT2D eigenvalue weighted by Gasteiger charge is -2.30. The maximum Gasteiger partial charge on any atom is 0.315 e. The molecule has 1 aliphatic carbocycles. The normalized spacial score (nSPS) is 20.0. The first-order valence-corrected chi connectivity index (χ1v) is 10.6. The van der Waals surface area contributed by atoms with Crippen molar-refractivity contribution in [3.63, 3.8) is 0 Å². The van der Waals surface area contributed by atoms with Gasteiger partial charge in [0.05, 0.1) is 6.04 Å². The summed E-state index contributed by atoms with van der Waals surface area (Å²) in [6.45, 7) is 6.34. The molecule has 1 saturated heterocycles. The average Bonchev–Trinajstić information content (AvgIpc) is 3.12. The number of nitrogens with one attached hydrogen (secondary N) is 2. The lowest BCUT2D eigenvalue weighted by molar-refractivity contribution is 0.185. The number of urea groups is 1. The SMILES string of the molecule is CC1CCN(Cc2ccc(CNC(=O)NC3CCc4ccccc43)cc2)CC1. The summed E-state index contributed by atoms with van der Waals surface area (Å²) in [4.78, 5) is 14.9. The summed E-state index contributed by atoms with van der Waals surface area (Å²) in [6, 6.07) is 17.1. The highest BCUT2D eigenvalue weighted by molar-refractivity contribution is 5.74. The number of rotatable bonds is 5. The summed E-state index contributed by atoms with van der Waals surface area (Å²) >= 11 is 0. The van der Waals surface area contributed by atoms with Crippen LogP contribution in [0, 0.1) is 5.92 Å². The van der Waals surface area contributed by atoms with Crippen molar-refractivity contribution >= 4 is 6.03 Å². The molecule has 1 fully saturated rings. The minimum absolute atomic E-state index is 0.0896. The van der Waals surface area contributed by atoms with Crippen LogP contribution in [0.15, 0.2) is 48.5 Å². The van der Waals surface area contributed by atoms with Crippen LogP contribution in [0.3, 0.4) is 0 Å². The lowest BCUT2D eigenvalue weighted by atomic mass is 9.99. The molecular weight excluding hydrogens is 346 g/mol. The number of aryl methyl sites for hydroxylation is 1. The van der Waals surface area contributed by atoms with Crippen molar-refractivity contribution < 1.29 is 4.79 Å². The second kappa shape index (κ2) is 8.78. The summed E-state index contributed by atoms with van der Waals surface area (Å²) < 4.78 is 0. The second-order valence-electron chi connectivity index (χ2n) is 8.39. The summed E-state index contributed by atoms with van der Waals surface area (Å²) in [5.41, 5.74) is 5.10. The fraction of sp³-hybridized carbons (Fsp3) is 0.458. The van der Waals surface area contributed by atoms with Gasteiger partial charge in [-0.05, 0) is 66.9 Å². The molecule has 2 N–H and O–H groups in total. The molecule has 148 valence electrons. The monoisotopic (exact) mass is 377 g/mol. The zero-order valence-corrected chi connectivity index (χ0v) is 16.8. The molecule has 0 radical (unpaired) electrons. The number of carbonyl (C=O) groups is 1. The number of nitrogens with zero attached hydrogens (tertiary/aromatic N) is 1. The highest BCUT2D eigenvalue weighted by Crippen LogP contribution is 2.30. The summed E-state index contributed by atoms with van der Waals surface area (Å²) in [5.74, 6) is 0.869. The van der Waals surface area contributed by atoms with Crippen molar-refractivity contribution in [2.24, 2.45) is 5.92 Å². The minimum Gasteiger partial charge on any atom is -0.334 e. The van der Waals surface area contributed by atoms with Crippen LogP contribution in [0.4, 0.5) is 4.79 Å². The predicted octanol–water partition coefficient (Wildman–Crippen LogP) is 4.41. The molecule has 2 aromatic carbocycles.